The highest BCUT2D eigenvalue weighted by molar-refractivity contribution is 5.45. The molecular weight excluding hydrogens is 256 g/mol. The van der Waals surface area contributed by atoms with Crippen LogP contribution >= 0.6 is 0 Å². The van der Waals surface area contributed by atoms with E-state index in [1.807, 2.05) is 19.9 Å². The van der Waals surface area contributed by atoms with Crippen LogP contribution in [0.4, 0.5) is 0 Å². The van der Waals surface area contributed by atoms with Crippen LogP contribution in [0.2, 0.25) is 0 Å². The number of methoxy groups -OCH3 is 2. The molecule has 1 saturated heterocycles. The fraction of sp³-hybridized carbons (Fsp3) is 0.625. The molecule has 0 spiro atoms. The Kier molecular flexibility index (Phi) is 4.68. The first-order valence-electron chi connectivity index (χ1n) is 7.00. The SMILES string of the molecule is COc1cc(C)cc(C)c1C(O)C1(OC)CCOCC1. The minimum Gasteiger partial charge on any atom is -0.496 e. The Balaban J connectivity index is 2.43. The molecular formula is C16H24O4. The second-order valence-corrected chi connectivity index (χ2v) is 5.48. The van der Waals surface area contributed by atoms with Gasteiger partial charge in [-0.1, -0.05) is 6.07 Å². The number of aliphatic hydroxyl groups is 1. The Morgan fingerprint density at radius 2 is 1.85 bits per heavy atom. The predicted molar refractivity (Wildman–Crippen MR) is 77.2 cm³/mol. The maximum atomic E-state index is 10.9. The molecule has 1 heterocycles. The number of hydrogen-bond acceptors (Lipinski definition) is 4. The van der Waals surface area contributed by atoms with Crippen molar-refractivity contribution in [2.45, 2.75) is 38.4 Å². The van der Waals surface area contributed by atoms with E-state index in [2.05, 4.69) is 6.07 Å². The van der Waals surface area contributed by atoms with Gasteiger partial charge in [-0.25, -0.2) is 0 Å². The monoisotopic (exact) mass is 280 g/mol. The average molecular weight is 280 g/mol. The summed E-state index contributed by atoms with van der Waals surface area (Å²) in [4.78, 5) is 0. The first-order valence-corrected chi connectivity index (χ1v) is 7.00. The summed E-state index contributed by atoms with van der Waals surface area (Å²) in [6, 6.07) is 4.01. The first kappa shape index (κ1) is 15.3. The minimum absolute atomic E-state index is 0.592. The summed E-state index contributed by atoms with van der Waals surface area (Å²) < 4.78 is 16.6. The van der Waals surface area contributed by atoms with Crippen molar-refractivity contribution in [1.29, 1.82) is 0 Å². The van der Waals surface area contributed by atoms with Crippen LogP contribution in [-0.4, -0.2) is 38.1 Å². The lowest BCUT2D eigenvalue weighted by molar-refractivity contribution is -0.154. The second kappa shape index (κ2) is 6.12. The molecule has 1 aliphatic rings. The van der Waals surface area contributed by atoms with Crippen LogP contribution in [0.1, 0.15) is 35.6 Å². The van der Waals surface area contributed by atoms with Gasteiger partial charge in [-0.2, -0.15) is 0 Å². The van der Waals surface area contributed by atoms with Gasteiger partial charge in [0.15, 0.2) is 0 Å². The zero-order chi connectivity index (χ0) is 14.8. The van der Waals surface area contributed by atoms with Gasteiger partial charge < -0.3 is 19.3 Å². The molecule has 20 heavy (non-hydrogen) atoms. The van der Waals surface area contributed by atoms with Crippen LogP contribution in [0.3, 0.4) is 0 Å². The fourth-order valence-corrected chi connectivity index (χ4v) is 3.03. The maximum Gasteiger partial charge on any atom is 0.125 e. The van der Waals surface area contributed by atoms with E-state index in [0.717, 1.165) is 22.4 Å². The Hall–Kier alpha value is -1.10. The molecule has 0 bridgehead atoms. The third-order valence-corrected chi connectivity index (χ3v) is 4.23. The third kappa shape index (κ3) is 2.68. The highest BCUT2D eigenvalue weighted by Crippen LogP contribution is 2.42. The lowest BCUT2D eigenvalue weighted by Gasteiger charge is -2.40. The van der Waals surface area contributed by atoms with Gasteiger partial charge in [0.25, 0.3) is 0 Å². The van der Waals surface area contributed by atoms with E-state index in [4.69, 9.17) is 14.2 Å². The van der Waals surface area contributed by atoms with E-state index < -0.39 is 11.7 Å². The van der Waals surface area contributed by atoms with Gasteiger partial charge in [0, 0.05) is 38.7 Å². The molecule has 1 aliphatic heterocycles. The first-order chi connectivity index (χ1) is 9.54. The van der Waals surface area contributed by atoms with Crippen molar-refractivity contribution < 1.29 is 19.3 Å². The van der Waals surface area contributed by atoms with Crippen molar-refractivity contribution in [2.75, 3.05) is 27.4 Å². The number of ether oxygens (including phenoxy) is 3. The van der Waals surface area contributed by atoms with E-state index in [-0.39, 0.29) is 0 Å². The van der Waals surface area contributed by atoms with Crippen LogP contribution < -0.4 is 4.74 Å². The summed E-state index contributed by atoms with van der Waals surface area (Å²) in [7, 11) is 3.29. The molecule has 1 atom stereocenters. The topological polar surface area (TPSA) is 47.9 Å². The maximum absolute atomic E-state index is 10.9. The molecule has 0 amide bonds. The number of hydrogen-bond donors (Lipinski definition) is 1. The number of benzene rings is 1. The van der Waals surface area contributed by atoms with Crippen LogP contribution in [0.25, 0.3) is 0 Å². The van der Waals surface area contributed by atoms with E-state index >= 15 is 0 Å². The van der Waals surface area contributed by atoms with Crippen molar-refractivity contribution in [3.05, 3.63) is 28.8 Å². The Labute approximate surface area is 120 Å². The van der Waals surface area contributed by atoms with Gasteiger partial charge in [-0.15, -0.1) is 0 Å². The van der Waals surface area contributed by atoms with E-state index in [0.29, 0.717) is 26.1 Å². The molecule has 1 N–H and O–H groups in total. The van der Waals surface area contributed by atoms with Crippen molar-refractivity contribution in [3.8, 4) is 5.75 Å². The molecule has 2 rings (SSSR count). The molecule has 1 aromatic carbocycles. The Bertz CT molecular complexity index is 464. The largest absolute Gasteiger partial charge is 0.496 e. The Morgan fingerprint density at radius 3 is 2.40 bits per heavy atom. The summed E-state index contributed by atoms with van der Waals surface area (Å²) >= 11 is 0. The summed E-state index contributed by atoms with van der Waals surface area (Å²) in [6.45, 7) is 5.24. The molecule has 4 heteroatoms. The third-order valence-electron chi connectivity index (χ3n) is 4.23. The molecule has 1 unspecified atom stereocenters. The van der Waals surface area contributed by atoms with Crippen LogP contribution in [0.5, 0.6) is 5.75 Å². The quantitative estimate of drug-likeness (QED) is 0.920. The summed E-state index contributed by atoms with van der Waals surface area (Å²) in [5, 5.41) is 10.9. The Morgan fingerprint density at radius 1 is 1.20 bits per heavy atom. The van der Waals surface area contributed by atoms with Gasteiger partial charge in [0.1, 0.15) is 17.5 Å². The number of rotatable bonds is 4. The van der Waals surface area contributed by atoms with Crippen molar-refractivity contribution >= 4 is 0 Å². The molecule has 1 aromatic rings. The van der Waals surface area contributed by atoms with Crippen LogP contribution in [-0.2, 0) is 9.47 Å². The number of aliphatic hydroxyl groups excluding tert-OH is 1. The highest BCUT2D eigenvalue weighted by atomic mass is 16.5. The summed E-state index contributed by atoms with van der Waals surface area (Å²) in [6.07, 6.45) is 0.648. The highest BCUT2D eigenvalue weighted by Gasteiger charge is 2.42. The van der Waals surface area contributed by atoms with Gasteiger partial charge in [0.05, 0.1) is 7.11 Å². The van der Waals surface area contributed by atoms with Crippen molar-refractivity contribution in [2.24, 2.45) is 0 Å². The molecule has 0 aliphatic carbocycles. The van der Waals surface area contributed by atoms with Gasteiger partial charge in [-0.05, 0) is 31.0 Å². The van der Waals surface area contributed by atoms with Gasteiger partial charge >= 0.3 is 0 Å². The van der Waals surface area contributed by atoms with Crippen LogP contribution in [0.15, 0.2) is 12.1 Å². The molecule has 4 nitrogen and oxygen atoms in total. The normalized spacial score (nSPS) is 19.6. The number of aryl methyl sites for hydroxylation is 2. The lowest BCUT2D eigenvalue weighted by atomic mass is 9.82. The molecule has 0 aromatic heterocycles. The fourth-order valence-electron chi connectivity index (χ4n) is 3.03. The molecule has 0 saturated carbocycles. The molecule has 112 valence electrons. The van der Waals surface area contributed by atoms with Crippen LogP contribution in [0, 0.1) is 13.8 Å². The standard InChI is InChI=1S/C16H24O4/c1-11-9-12(2)14(13(10-11)18-3)15(17)16(19-4)5-7-20-8-6-16/h9-10,15,17H,5-8H2,1-4H3. The average Bonchev–Trinajstić information content (AvgIpc) is 2.46. The molecule has 0 radical (unpaired) electrons. The zero-order valence-corrected chi connectivity index (χ0v) is 12.7. The minimum atomic E-state index is -0.716. The van der Waals surface area contributed by atoms with E-state index in [1.165, 1.54) is 0 Å². The summed E-state index contributed by atoms with van der Waals surface area (Å²) in [5.74, 6) is 0.720. The van der Waals surface area contributed by atoms with Crippen molar-refractivity contribution in [1.82, 2.24) is 0 Å². The molecule has 1 fully saturated rings. The zero-order valence-electron chi connectivity index (χ0n) is 12.7. The van der Waals surface area contributed by atoms with E-state index in [9.17, 15) is 5.11 Å². The van der Waals surface area contributed by atoms with E-state index in [1.54, 1.807) is 14.2 Å². The summed E-state index contributed by atoms with van der Waals surface area (Å²) in [5.41, 5.74) is 2.37. The van der Waals surface area contributed by atoms with Gasteiger partial charge in [0.2, 0.25) is 0 Å². The smallest absolute Gasteiger partial charge is 0.125 e. The van der Waals surface area contributed by atoms with Gasteiger partial charge in [-0.3, -0.25) is 0 Å². The predicted octanol–water partition coefficient (Wildman–Crippen LogP) is 2.54. The van der Waals surface area contributed by atoms with Crippen molar-refractivity contribution in [3.63, 3.8) is 0 Å². The second-order valence-electron chi connectivity index (χ2n) is 5.48. The lowest BCUT2D eigenvalue weighted by Crippen LogP contribution is -2.44.